The van der Waals surface area contributed by atoms with Gasteiger partial charge in [0, 0.05) is 17.1 Å². The molecule has 0 fully saturated rings. The van der Waals surface area contributed by atoms with Crippen LogP contribution in [-0.2, 0) is 0 Å². The lowest BCUT2D eigenvalue weighted by Crippen LogP contribution is -2.09. The molecule has 12 aromatic carbocycles. The molecule has 1 heteroatoms. The monoisotopic (exact) mass is 909 g/mol. The third-order valence-corrected chi connectivity index (χ3v) is 13.1. The Labute approximate surface area is 418 Å². The van der Waals surface area contributed by atoms with Crippen molar-refractivity contribution in [1.82, 2.24) is 0 Å². The van der Waals surface area contributed by atoms with E-state index in [1.54, 1.807) is 12.2 Å². The van der Waals surface area contributed by atoms with E-state index in [9.17, 15) is 0 Å². The van der Waals surface area contributed by atoms with Gasteiger partial charge in [0.15, 0.2) is 0 Å². The second kappa shape index (κ2) is 21.1. The van der Waals surface area contributed by atoms with Gasteiger partial charge in [-0.15, -0.1) is 13.2 Å². The molecule has 340 valence electrons. The molecule has 0 bridgehead atoms. The van der Waals surface area contributed by atoms with Crippen LogP contribution in [0, 0.1) is 0 Å². The average Bonchev–Trinajstić information content (AvgIpc) is 3.44. The number of rotatable bonds is 8. The highest BCUT2D eigenvalue weighted by molar-refractivity contribution is 6.09. The van der Waals surface area contributed by atoms with Crippen molar-refractivity contribution >= 4 is 60.2 Å². The summed E-state index contributed by atoms with van der Waals surface area (Å²) in [7, 11) is 0. The third-order valence-electron chi connectivity index (χ3n) is 13.1. The van der Waals surface area contributed by atoms with Gasteiger partial charge in [0.25, 0.3) is 0 Å². The van der Waals surface area contributed by atoms with Gasteiger partial charge in [-0.25, -0.2) is 0 Å². The smallest absolute Gasteiger partial charge is 0.0462 e. The molecule has 0 unspecified atom stereocenters. The molecule has 12 rings (SSSR count). The average molecular weight is 910 g/mol. The van der Waals surface area contributed by atoms with Crippen LogP contribution in [0.4, 0.5) is 17.1 Å². The zero-order valence-electron chi connectivity index (χ0n) is 40.3. The van der Waals surface area contributed by atoms with E-state index in [0.717, 1.165) is 17.1 Å². The number of anilines is 3. The molecule has 1 nitrogen and oxygen atoms in total. The Bertz CT molecular complexity index is 3540. The molecule has 0 saturated heterocycles. The molecule has 0 aliphatic carbocycles. The first-order valence-electron chi connectivity index (χ1n) is 24.4. The first-order chi connectivity index (χ1) is 35.0. The summed E-state index contributed by atoms with van der Waals surface area (Å²) in [6, 6.07) is 95.1. The molecule has 0 aliphatic rings. The standard InChI is InChI=1S/C64H43N.2C3H6/c1-2-8-44(9-3-1)47-26-34-58(35-27-47)65(59-36-28-48(29-37-59)45-14-18-50(19-15-45)54-32-40-63-56(42-54)24-22-52-10-4-6-12-61(52)63)60-38-30-49(31-39-60)46-16-20-51(21-17-46)55-33-41-64-57(43-55)25-23-53-11-5-7-13-62(53)64;2*1-3-2/h1-43H;2*3H,1H2,2H3. The van der Waals surface area contributed by atoms with E-state index in [1.807, 2.05) is 13.8 Å². The van der Waals surface area contributed by atoms with Crippen molar-refractivity contribution in [3.05, 3.63) is 286 Å². The molecule has 12 aromatic rings. The molecule has 0 radical (unpaired) electrons. The Kier molecular flexibility index (Phi) is 13.6. The SMILES string of the molecule is C=CC.C=CC.c1ccc(-c2ccc(N(c3ccc(-c4ccc(-c5ccc6c(ccc7ccccc76)c5)cc4)cc3)c3ccc(-c4ccc(-c5ccc6c(ccc7ccccc76)c5)cc4)cc3)cc2)cc1. The predicted octanol–water partition coefficient (Wildman–Crippen LogP) is 20.5. The van der Waals surface area contributed by atoms with Crippen molar-refractivity contribution in [3.8, 4) is 55.6 Å². The summed E-state index contributed by atoms with van der Waals surface area (Å²) in [6.07, 6.45) is 3.50. The molecule has 0 atom stereocenters. The molecule has 71 heavy (non-hydrogen) atoms. The highest BCUT2D eigenvalue weighted by Crippen LogP contribution is 2.39. The predicted molar refractivity (Wildman–Crippen MR) is 310 cm³/mol. The van der Waals surface area contributed by atoms with Gasteiger partial charge in [-0.05, 0) is 161 Å². The van der Waals surface area contributed by atoms with Crippen LogP contribution >= 0.6 is 0 Å². The number of hydrogen-bond acceptors (Lipinski definition) is 1. The van der Waals surface area contributed by atoms with Gasteiger partial charge in [-0.2, -0.15) is 0 Å². The molecule has 0 N–H and O–H groups in total. The maximum atomic E-state index is 3.36. The lowest BCUT2D eigenvalue weighted by Gasteiger charge is -2.26. The van der Waals surface area contributed by atoms with Gasteiger partial charge in [0.05, 0.1) is 0 Å². The van der Waals surface area contributed by atoms with Crippen molar-refractivity contribution in [3.63, 3.8) is 0 Å². The number of hydrogen-bond donors (Lipinski definition) is 0. The fourth-order valence-corrected chi connectivity index (χ4v) is 9.58. The third kappa shape index (κ3) is 9.81. The van der Waals surface area contributed by atoms with E-state index in [2.05, 4.69) is 279 Å². The van der Waals surface area contributed by atoms with Gasteiger partial charge in [0.1, 0.15) is 0 Å². The van der Waals surface area contributed by atoms with Crippen molar-refractivity contribution in [2.24, 2.45) is 0 Å². The maximum absolute atomic E-state index is 3.36. The number of benzene rings is 12. The van der Waals surface area contributed by atoms with Crippen molar-refractivity contribution in [2.45, 2.75) is 13.8 Å². The minimum Gasteiger partial charge on any atom is -0.311 e. The normalized spacial score (nSPS) is 10.8. The van der Waals surface area contributed by atoms with Crippen molar-refractivity contribution in [1.29, 1.82) is 0 Å². The number of nitrogens with zero attached hydrogens (tertiary/aromatic N) is 1. The van der Waals surface area contributed by atoms with Crippen LogP contribution < -0.4 is 4.90 Å². The summed E-state index contributed by atoms with van der Waals surface area (Å²) in [6.45, 7) is 10.5. The van der Waals surface area contributed by atoms with Gasteiger partial charge in [-0.1, -0.05) is 224 Å². The minimum absolute atomic E-state index is 1.10. The van der Waals surface area contributed by atoms with E-state index in [0.29, 0.717) is 0 Å². The van der Waals surface area contributed by atoms with Gasteiger partial charge < -0.3 is 4.90 Å². The molecule has 0 aliphatic heterocycles. The summed E-state index contributed by atoms with van der Waals surface area (Å²) in [5, 5.41) is 10.2. The second-order valence-corrected chi connectivity index (χ2v) is 17.8. The summed E-state index contributed by atoms with van der Waals surface area (Å²) in [5.74, 6) is 0. The molecule has 0 saturated carbocycles. The highest BCUT2D eigenvalue weighted by atomic mass is 15.1. The van der Waals surface area contributed by atoms with Crippen LogP contribution in [0.1, 0.15) is 13.8 Å². The van der Waals surface area contributed by atoms with Crippen LogP contribution in [0.15, 0.2) is 286 Å². The van der Waals surface area contributed by atoms with Crippen LogP contribution in [0.25, 0.3) is 98.7 Å². The van der Waals surface area contributed by atoms with E-state index in [4.69, 9.17) is 0 Å². The van der Waals surface area contributed by atoms with Gasteiger partial charge >= 0.3 is 0 Å². The Morgan fingerprint density at radius 3 is 0.831 bits per heavy atom. The van der Waals surface area contributed by atoms with E-state index < -0.39 is 0 Å². The van der Waals surface area contributed by atoms with Crippen LogP contribution in [0.3, 0.4) is 0 Å². The van der Waals surface area contributed by atoms with E-state index in [-0.39, 0.29) is 0 Å². The first kappa shape index (κ1) is 45.7. The summed E-state index contributed by atoms with van der Waals surface area (Å²) >= 11 is 0. The van der Waals surface area contributed by atoms with Gasteiger partial charge in [-0.3, -0.25) is 0 Å². The van der Waals surface area contributed by atoms with Crippen LogP contribution in [0.2, 0.25) is 0 Å². The van der Waals surface area contributed by atoms with Crippen LogP contribution in [-0.4, -0.2) is 0 Å². The number of allylic oxidation sites excluding steroid dienone is 2. The quantitative estimate of drug-likeness (QED) is 0.108. The van der Waals surface area contributed by atoms with Crippen molar-refractivity contribution < 1.29 is 0 Å². The minimum atomic E-state index is 1.10. The number of fused-ring (bicyclic) bond motifs is 6. The summed E-state index contributed by atoms with van der Waals surface area (Å²) in [4.78, 5) is 2.35. The van der Waals surface area contributed by atoms with E-state index >= 15 is 0 Å². The summed E-state index contributed by atoms with van der Waals surface area (Å²) < 4.78 is 0. The van der Waals surface area contributed by atoms with E-state index in [1.165, 1.54) is 98.7 Å². The Hall–Kier alpha value is -9.04. The Morgan fingerprint density at radius 2 is 0.479 bits per heavy atom. The Morgan fingerprint density at radius 1 is 0.239 bits per heavy atom. The molecule has 0 amide bonds. The van der Waals surface area contributed by atoms with Gasteiger partial charge in [0.2, 0.25) is 0 Å². The molecule has 0 spiro atoms. The molecular formula is C70H55N. The lowest BCUT2D eigenvalue weighted by atomic mass is 9.96. The zero-order chi connectivity index (χ0) is 48.5. The second-order valence-electron chi connectivity index (χ2n) is 17.8. The maximum Gasteiger partial charge on any atom is 0.0462 e. The first-order valence-corrected chi connectivity index (χ1v) is 24.4. The fourth-order valence-electron chi connectivity index (χ4n) is 9.58. The highest BCUT2D eigenvalue weighted by Gasteiger charge is 2.15. The topological polar surface area (TPSA) is 3.24 Å². The largest absolute Gasteiger partial charge is 0.311 e. The Balaban J connectivity index is 0.000000925. The van der Waals surface area contributed by atoms with Crippen LogP contribution in [0.5, 0.6) is 0 Å². The lowest BCUT2D eigenvalue weighted by molar-refractivity contribution is 1.28. The molecular weight excluding hydrogens is 855 g/mol. The zero-order valence-corrected chi connectivity index (χ0v) is 40.3. The molecule has 0 aromatic heterocycles. The molecule has 0 heterocycles. The fraction of sp³-hybridized carbons (Fsp3) is 0.0286. The van der Waals surface area contributed by atoms with Crippen molar-refractivity contribution in [2.75, 3.05) is 4.90 Å². The summed E-state index contributed by atoms with van der Waals surface area (Å²) in [5.41, 5.74) is 15.3.